The van der Waals surface area contributed by atoms with Crippen LogP contribution in [0.2, 0.25) is 0 Å². The summed E-state index contributed by atoms with van der Waals surface area (Å²) >= 11 is 0. The van der Waals surface area contributed by atoms with E-state index in [9.17, 15) is 13.7 Å². The van der Waals surface area contributed by atoms with Crippen molar-refractivity contribution in [1.29, 1.82) is 0 Å². The van der Waals surface area contributed by atoms with E-state index in [1.165, 1.54) is 0 Å². The Morgan fingerprint density at radius 3 is 1.10 bits per heavy atom. The highest BCUT2D eigenvalue weighted by atomic mass is 15.2. The van der Waals surface area contributed by atoms with Gasteiger partial charge in [-0.1, -0.05) is 178 Å². The molecule has 0 N–H and O–H groups in total. The van der Waals surface area contributed by atoms with E-state index in [-0.39, 0.29) is 59.5 Å². The Hall–Kier alpha value is -7.82. The molecular formula is C68H62N4. The number of hydrogen-bond donors (Lipinski definition) is 0. The Morgan fingerprint density at radius 2 is 0.750 bits per heavy atom. The number of para-hydroxylation sites is 4. The van der Waals surface area contributed by atoms with Gasteiger partial charge in [-0.2, -0.15) is 0 Å². The molecule has 4 heterocycles. The normalized spacial score (nSPS) is 15.9. The predicted molar refractivity (Wildman–Crippen MR) is 311 cm³/mol. The zero-order chi connectivity index (χ0) is 63.5. The quantitative estimate of drug-likeness (QED) is 0.151. The highest BCUT2D eigenvalue weighted by Gasteiger charge is 2.31. The van der Waals surface area contributed by atoms with Gasteiger partial charge in [0.05, 0.1) is 66.4 Å². The molecule has 0 aliphatic carbocycles. The minimum atomic E-state index is -0.797. The zero-order valence-corrected chi connectivity index (χ0v) is 42.0. The van der Waals surface area contributed by atoms with E-state index < -0.39 is 71.3 Å². The van der Waals surface area contributed by atoms with E-state index in [1.54, 1.807) is 9.80 Å². The van der Waals surface area contributed by atoms with Gasteiger partial charge >= 0.3 is 0 Å². The van der Waals surface area contributed by atoms with Gasteiger partial charge in [0.2, 0.25) is 0 Å². The molecule has 0 amide bonds. The molecule has 72 heavy (non-hydrogen) atoms. The molecule has 0 aliphatic rings. The Balaban J connectivity index is 1.25. The highest BCUT2D eigenvalue weighted by molar-refractivity contribution is 6.32. The molecule has 0 atom stereocenters. The summed E-state index contributed by atoms with van der Waals surface area (Å²) in [5.41, 5.74) is 6.36. The number of rotatable bonds is 8. The molecule has 0 unspecified atom stereocenters. The molecule has 0 radical (unpaired) electrons. The van der Waals surface area contributed by atoms with Crippen LogP contribution < -0.4 is 9.80 Å². The highest BCUT2D eigenvalue weighted by Crippen LogP contribution is 2.53. The van der Waals surface area contributed by atoms with Gasteiger partial charge in [0.25, 0.3) is 0 Å². The first-order valence-electron chi connectivity index (χ1n) is 32.7. The number of fused-ring (bicyclic) bond motifs is 12. The van der Waals surface area contributed by atoms with E-state index in [4.69, 9.17) is 8.22 Å². The van der Waals surface area contributed by atoms with Crippen LogP contribution in [0.5, 0.6) is 0 Å². The van der Waals surface area contributed by atoms with Gasteiger partial charge in [-0.15, -0.1) is 0 Å². The van der Waals surface area contributed by atoms with Gasteiger partial charge in [0, 0.05) is 65.8 Å². The number of hydrogen-bond acceptors (Lipinski definition) is 2. The molecule has 0 saturated heterocycles. The van der Waals surface area contributed by atoms with Crippen LogP contribution in [0.1, 0.15) is 125 Å². The van der Waals surface area contributed by atoms with Gasteiger partial charge in [-0.25, -0.2) is 0 Å². The van der Waals surface area contributed by atoms with Crippen molar-refractivity contribution in [3.8, 4) is 0 Å². The maximum absolute atomic E-state index is 9.94. The Bertz CT molecular complexity index is 4800. The molecule has 13 aromatic rings. The summed E-state index contributed by atoms with van der Waals surface area (Å²) in [6, 6.07) is 20.4. The van der Waals surface area contributed by atoms with Crippen molar-refractivity contribution >= 4 is 110 Å². The van der Waals surface area contributed by atoms with Crippen molar-refractivity contribution in [3.05, 3.63) is 204 Å². The molecular weight excluding hydrogens is 873 g/mol. The van der Waals surface area contributed by atoms with E-state index in [0.717, 1.165) is 21.9 Å². The maximum atomic E-state index is 9.94. The maximum Gasteiger partial charge on any atom is 0.0645 e. The first-order chi connectivity index (χ1) is 41.3. The van der Waals surface area contributed by atoms with Crippen LogP contribution in [0.3, 0.4) is 0 Å². The minimum Gasteiger partial charge on any atom is -0.310 e. The standard InChI is InChI=1S/C68H62N4/c1-41(2)43-27-31-47(32-28-43)69(45-19-13-11-14-20-45)57-37-35-49-53-39-60-54(40-59(53)71-63-51(61(57)65(49)71)23-17-25-55(63)67(5,6)7)50-36-38-58(62-52-24-18-26-56(68(8,9)10)64(52)72(60)66(50)62)70(46-21-15-12-16-22-46)48-33-29-44(30-34-48)42(3)4/h11-42H,1-10H3/i11D,12D,13D,14D,15D,16D,17D,18D,19D,20D,21D,22D,23D,24D,25D,26D. The van der Waals surface area contributed by atoms with Crippen LogP contribution in [-0.4, -0.2) is 8.80 Å². The van der Waals surface area contributed by atoms with E-state index in [2.05, 4.69) is 39.8 Å². The van der Waals surface area contributed by atoms with Crippen LogP contribution in [0.15, 0.2) is 182 Å². The minimum absolute atomic E-state index is 0.120. The third-order valence-corrected chi connectivity index (χ3v) is 14.6. The van der Waals surface area contributed by atoms with Crippen molar-refractivity contribution in [2.45, 2.75) is 91.9 Å². The second-order valence-electron chi connectivity index (χ2n) is 21.8. The topological polar surface area (TPSA) is 15.3 Å². The van der Waals surface area contributed by atoms with E-state index in [1.807, 2.05) is 123 Å². The zero-order valence-electron chi connectivity index (χ0n) is 58.0. The summed E-state index contributed by atoms with van der Waals surface area (Å²) in [7, 11) is 0. The molecule has 354 valence electrons. The fourth-order valence-electron chi connectivity index (χ4n) is 11.2. The van der Waals surface area contributed by atoms with Gasteiger partial charge in [-0.3, -0.25) is 0 Å². The summed E-state index contributed by atoms with van der Waals surface area (Å²) in [5, 5.41) is 4.40. The summed E-state index contributed by atoms with van der Waals surface area (Å²) in [6.07, 6.45) is 0. The molecule has 4 nitrogen and oxygen atoms in total. The van der Waals surface area contributed by atoms with Crippen molar-refractivity contribution in [1.82, 2.24) is 8.80 Å². The molecule has 0 fully saturated rings. The SMILES string of the molecule is [2H]c1c([2H])c([2H])c(N(c2ccc(C(C)C)cc2)c2ccc3c4cc5c(cc4n4c6c(C(C)(C)C)c([2H])c([2H])c([2H])c6c2c34)c2ccc(N(c3ccc(C(C)C)cc3)c3c([2H])c([2H])c([2H])c([2H])c3[2H])c3c4c([2H])c([2H])c([2H])c(C(C)(C)C)c4n5c23)c([2H])c1[2H]. The largest absolute Gasteiger partial charge is 0.310 e. The fraction of sp³-hybridized carbons (Fsp3) is 0.206. The molecule has 0 aliphatic heterocycles. The van der Waals surface area contributed by atoms with Crippen molar-refractivity contribution < 1.29 is 21.9 Å². The Labute approximate surface area is 445 Å². The number of aromatic nitrogens is 2. The number of anilines is 6. The van der Waals surface area contributed by atoms with Crippen molar-refractivity contribution in [3.63, 3.8) is 0 Å². The first kappa shape index (κ1) is 30.1. The van der Waals surface area contributed by atoms with E-state index >= 15 is 0 Å². The van der Waals surface area contributed by atoms with Crippen LogP contribution >= 0.6 is 0 Å². The monoisotopic (exact) mass is 951 g/mol. The Kier molecular flexibility index (Phi) is 6.63. The summed E-state index contributed by atoms with van der Waals surface area (Å²) in [6.45, 7) is 20.0. The summed E-state index contributed by atoms with van der Waals surface area (Å²) in [5.74, 6) is 0.286. The molecule has 0 spiro atoms. The molecule has 0 saturated carbocycles. The molecule has 0 bridgehead atoms. The fourth-order valence-corrected chi connectivity index (χ4v) is 11.2. The van der Waals surface area contributed by atoms with Crippen LogP contribution in [0, 0.1) is 0 Å². The van der Waals surface area contributed by atoms with Gasteiger partial charge < -0.3 is 18.6 Å². The molecule has 4 heteroatoms. The lowest BCUT2D eigenvalue weighted by Gasteiger charge is -2.27. The van der Waals surface area contributed by atoms with Gasteiger partial charge in [-0.05, 0) is 118 Å². The molecule has 9 aromatic carbocycles. The van der Waals surface area contributed by atoms with Gasteiger partial charge in [0.1, 0.15) is 0 Å². The van der Waals surface area contributed by atoms with Crippen LogP contribution in [-0.2, 0) is 10.8 Å². The molecule has 13 rings (SSSR count). The summed E-state index contributed by atoms with van der Waals surface area (Å²) < 4.78 is 153. The van der Waals surface area contributed by atoms with Gasteiger partial charge in [0.15, 0.2) is 0 Å². The van der Waals surface area contributed by atoms with Crippen molar-refractivity contribution in [2.24, 2.45) is 0 Å². The number of nitrogens with zero attached hydrogens (tertiary/aromatic N) is 4. The first-order valence-corrected chi connectivity index (χ1v) is 24.7. The predicted octanol–water partition coefficient (Wildman–Crippen LogP) is 19.8. The lowest BCUT2D eigenvalue weighted by Crippen LogP contribution is -2.12. The Morgan fingerprint density at radius 1 is 0.375 bits per heavy atom. The molecule has 4 aromatic heterocycles. The second kappa shape index (κ2) is 15.8. The van der Waals surface area contributed by atoms with Crippen LogP contribution in [0.4, 0.5) is 34.1 Å². The third-order valence-electron chi connectivity index (χ3n) is 14.6. The lowest BCUT2D eigenvalue weighted by atomic mass is 9.85. The average Bonchev–Trinajstić information content (AvgIpc) is 1.50. The lowest BCUT2D eigenvalue weighted by molar-refractivity contribution is 0.594. The smallest absolute Gasteiger partial charge is 0.0645 e. The number of benzene rings is 9. The third kappa shape index (κ3) is 6.43. The average molecular weight is 951 g/mol. The van der Waals surface area contributed by atoms with Crippen LogP contribution in [0.25, 0.3) is 76.2 Å². The van der Waals surface area contributed by atoms with Crippen molar-refractivity contribution in [2.75, 3.05) is 9.80 Å². The second-order valence-corrected chi connectivity index (χ2v) is 21.8. The van der Waals surface area contributed by atoms with E-state index in [0.29, 0.717) is 99.3 Å². The summed E-state index contributed by atoms with van der Waals surface area (Å²) in [4.78, 5) is 3.30.